The molecule has 0 spiro atoms. The van der Waals surface area contributed by atoms with Gasteiger partial charge in [-0.15, -0.1) is 11.3 Å². The third kappa shape index (κ3) is 1.93. The van der Waals surface area contributed by atoms with Crippen molar-refractivity contribution in [2.75, 3.05) is 0 Å². The summed E-state index contributed by atoms with van der Waals surface area (Å²) < 4.78 is 1.32. The van der Waals surface area contributed by atoms with Crippen LogP contribution in [0.5, 0.6) is 0 Å². The largest absolute Gasteiger partial charge is 0.264 e. The molecule has 1 nitrogen and oxygen atoms in total. The molecule has 0 saturated heterocycles. The van der Waals surface area contributed by atoms with Gasteiger partial charge in [-0.2, -0.15) is 0 Å². The number of pyridine rings is 1. The maximum Gasteiger partial charge on any atom is 0.0386 e. The number of hydrogen-bond donors (Lipinski definition) is 0. The van der Waals surface area contributed by atoms with Gasteiger partial charge in [0, 0.05) is 32.9 Å². The van der Waals surface area contributed by atoms with E-state index in [2.05, 4.69) is 35.4 Å². The van der Waals surface area contributed by atoms with Gasteiger partial charge in [0.15, 0.2) is 0 Å². The van der Waals surface area contributed by atoms with Gasteiger partial charge in [-0.3, -0.25) is 4.98 Å². The molecule has 2 aromatic rings. The first-order valence-electron chi connectivity index (χ1n) is 5.65. The van der Waals surface area contributed by atoms with Gasteiger partial charge in [-0.25, -0.2) is 0 Å². The summed E-state index contributed by atoms with van der Waals surface area (Å²) in [4.78, 5) is 5.52. The highest BCUT2D eigenvalue weighted by atomic mass is 32.1. The van der Waals surface area contributed by atoms with Crippen LogP contribution >= 0.6 is 11.3 Å². The zero-order valence-electron chi connectivity index (χ0n) is 9.60. The molecule has 0 aliphatic heterocycles. The number of thiophene rings is 1. The molecule has 0 bridgehead atoms. The molecule has 1 aliphatic carbocycles. The zero-order chi connectivity index (χ0) is 11.4. The highest BCUT2D eigenvalue weighted by Crippen LogP contribution is 2.33. The fraction of sp³-hybridized carbons (Fsp3) is 0.214. The molecule has 3 rings (SSSR count). The van der Waals surface area contributed by atoms with Gasteiger partial charge >= 0.3 is 0 Å². The van der Waals surface area contributed by atoms with E-state index in [9.17, 15) is 0 Å². The molecule has 2 aromatic heterocycles. The molecule has 0 N–H and O–H groups in total. The number of allylic oxidation sites excluding steroid dienone is 2. The van der Waals surface area contributed by atoms with E-state index >= 15 is 0 Å². The Morgan fingerprint density at radius 1 is 1.19 bits per heavy atom. The third-order valence-electron chi connectivity index (χ3n) is 2.38. The first-order chi connectivity index (χ1) is 7.95. The quantitative estimate of drug-likeness (QED) is 0.635. The Balaban J connectivity index is 0.000000457. The second-order valence-electron chi connectivity index (χ2n) is 3.29. The maximum absolute atomic E-state index is 4.17. The van der Waals surface area contributed by atoms with Crippen LogP contribution < -0.4 is 0 Å². The van der Waals surface area contributed by atoms with E-state index in [1.807, 2.05) is 37.6 Å². The van der Waals surface area contributed by atoms with Gasteiger partial charge in [0.1, 0.15) is 0 Å². The number of fused-ring (bicyclic) bond motifs is 3. The summed E-state index contributed by atoms with van der Waals surface area (Å²) in [5.74, 6) is 0. The molecule has 0 radical (unpaired) electrons. The predicted molar refractivity (Wildman–Crippen MR) is 73.7 cm³/mol. The normalized spacial score (nSPS) is 12.9. The van der Waals surface area contributed by atoms with Crippen LogP contribution in [0.25, 0.3) is 22.2 Å². The monoisotopic (exact) mass is 229 g/mol. The summed E-state index contributed by atoms with van der Waals surface area (Å²) in [7, 11) is 0. The van der Waals surface area contributed by atoms with Crippen LogP contribution in [0.4, 0.5) is 0 Å². The van der Waals surface area contributed by atoms with Crippen LogP contribution in [0.2, 0.25) is 0 Å². The Morgan fingerprint density at radius 2 is 2.00 bits per heavy atom. The van der Waals surface area contributed by atoms with Crippen molar-refractivity contribution in [1.82, 2.24) is 4.98 Å². The molecular weight excluding hydrogens is 214 g/mol. The van der Waals surface area contributed by atoms with Crippen LogP contribution in [0, 0.1) is 0 Å². The molecule has 0 aromatic carbocycles. The zero-order valence-corrected chi connectivity index (χ0v) is 10.4. The van der Waals surface area contributed by atoms with Gasteiger partial charge < -0.3 is 0 Å². The van der Waals surface area contributed by atoms with Crippen molar-refractivity contribution in [3.8, 4) is 0 Å². The highest BCUT2D eigenvalue weighted by Gasteiger charge is 2.08. The van der Waals surface area contributed by atoms with Crippen LogP contribution in [0.15, 0.2) is 30.6 Å². The Hall–Kier alpha value is -1.41. The summed E-state index contributed by atoms with van der Waals surface area (Å²) in [6, 6.07) is 2.08. The molecule has 82 valence electrons. The summed E-state index contributed by atoms with van der Waals surface area (Å²) in [5, 5.41) is 1.27. The smallest absolute Gasteiger partial charge is 0.0386 e. The van der Waals surface area contributed by atoms with E-state index in [4.69, 9.17) is 0 Å². The Bertz CT molecular complexity index is 535. The third-order valence-corrected chi connectivity index (χ3v) is 3.53. The summed E-state index contributed by atoms with van der Waals surface area (Å²) in [6.45, 7) is 4.00. The van der Waals surface area contributed by atoms with E-state index in [0.717, 1.165) is 6.42 Å². The van der Waals surface area contributed by atoms with E-state index in [1.54, 1.807) is 0 Å². The van der Waals surface area contributed by atoms with Crippen molar-refractivity contribution in [2.24, 2.45) is 0 Å². The number of rotatable bonds is 0. The second-order valence-corrected chi connectivity index (χ2v) is 4.38. The minimum atomic E-state index is 1.03. The molecular formula is C14H15NS. The summed E-state index contributed by atoms with van der Waals surface area (Å²) >= 11 is 1.83. The molecule has 16 heavy (non-hydrogen) atoms. The lowest BCUT2D eigenvalue weighted by molar-refractivity contribution is 1.37. The minimum absolute atomic E-state index is 1.03. The van der Waals surface area contributed by atoms with Crippen molar-refractivity contribution >= 4 is 33.6 Å². The van der Waals surface area contributed by atoms with Gasteiger partial charge in [0.25, 0.3) is 0 Å². The number of aromatic nitrogens is 1. The fourth-order valence-electron chi connectivity index (χ4n) is 1.71. The van der Waals surface area contributed by atoms with Gasteiger partial charge in [0.2, 0.25) is 0 Å². The first-order valence-corrected chi connectivity index (χ1v) is 6.46. The molecule has 0 unspecified atom stereocenters. The topological polar surface area (TPSA) is 12.9 Å². The van der Waals surface area contributed by atoms with Crippen molar-refractivity contribution in [3.63, 3.8) is 0 Å². The van der Waals surface area contributed by atoms with Gasteiger partial charge in [-0.05, 0) is 18.6 Å². The lowest BCUT2D eigenvalue weighted by atomic mass is 10.1. The average molecular weight is 229 g/mol. The van der Waals surface area contributed by atoms with Gasteiger partial charge in [0.05, 0.1) is 0 Å². The Labute approximate surface area is 100 Å². The van der Waals surface area contributed by atoms with Crippen LogP contribution in [-0.2, 0) is 0 Å². The molecule has 1 aliphatic rings. The Morgan fingerprint density at radius 3 is 2.88 bits per heavy atom. The Kier molecular flexibility index (Phi) is 3.52. The van der Waals surface area contributed by atoms with Crippen molar-refractivity contribution < 1.29 is 0 Å². The van der Waals surface area contributed by atoms with E-state index < -0.39 is 0 Å². The molecule has 2 heteroatoms. The maximum atomic E-state index is 4.17. The summed E-state index contributed by atoms with van der Waals surface area (Å²) in [6.07, 6.45) is 13.6. The van der Waals surface area contributed by atoms with E-state index in [0.29, 0.717) is 0 Å². The molecule has 0 fully saturated rings. The SMILES string of the molecule is C1=Cc2sc3ccncc3c2C=CC1.CC. The number of hydrogen-bond acceptors (Lipinski definition) is 2. The van der Waals surface area contributed by atoms with Crippen molar-refractivity contribution in [2.45, 2.75) is 20.3 Å². The van der Waals surface area contributed by atoms with Crippen LogP contribution in [-0.4, -0.2) is 4.98 Å². The predicted octanol–water partition coefficient (Wildman–Crippen LogP) is 4.75. The van der Waals surface area contributed by atoms with Crippen molar-refractivity contribution in [3.05, 3.63) is 41.1 Å². The van der Waals surface area contributed by atoms with Crippen molar-refractivity contribution in [1.29, 1.82) is 0 Å². The lowest BCUT2D eigenvalue weighted by Gasteiger charge is -1.90. The molecule has 0 atom stereocenters. The lowest BCUT2D eigenvalue weighted by Crippen LogP contribution is -1.72. The highest BCUT2D eigenvalue weighted by molar-refractivity contribution is 7.20. The molecule has 2 heterocycles. The van der Waals surface area contributed by atoms with Crippen LogP contribution in [0.1, 0.15) is 30.7 Å². The van der Waals surface area contributed by atoms with E-state index in [1.165, 1.54) is 20.5 Å². The summed E-state index contributed by atoms with van der Waals surface area (Å²) in [5.41, 5.74) is 1.33. The first kappa shape index (κ1) is 11.1. The molecule has 0 amide bonds. The average Bonchev–Trinajstić information content (AvgIpc) is 2.54. The fourth-order valence-corrected chi connectivity index (χ4v) is 2.81. The second kappa shape index (κ2) is 5.08. The van der Waals surface area contributed by atoms with E-state index in [-0.39, 0.29) is 0 Å². The van der Waals surface area contributed by atoms with Gasteiger partial charge in [-0.1, -0.05) is 32.1 Å². The standard InChI is InChI=1S/C12H9NS.C2H6/c1-2-4-9-10-8-13-7-6-12(10)14-11(9)5-3-1;1-2/h2-8H,1H2;1-2H3. The van der Waals surface area contributed by atoms with Crippen LogP contribution in [0.3, 0.4) is 0 Å². The molecule has 0 saturated carbocycles. The minimum Gasteiger partial charge on any atom is -0.264 e. The number of nitrogens with zero attached hydrogens (tertiary/aromatic N) is 1.